The highest BCUT2D eigenvalue weighted by Gasteiger charge is 2.57. The number of aryl methyl sites for hydroxylation is 1. The second-order valence-corrected chi connectivity index (χ2v) is 9.84. The summed E-state index contributed by atoms with van der Waals surface area (Å²) in [5, 5.41) is 9.88. The zero-order chi connectivity index (χ0) is 23.6. The van der Waals surface area contributed by atoms with E-state index < -0.39 is 16.8 Å². The van der Waals surface area contributed by atoms with Gasteiger partial charge in [0.1, 0.15) is 0 Å². The average Bonchev–Trinajstić information content (AvgIpc) is 3.32. The van der Waals surface area contributed by atoms with Crippen LogP contribution in [0.15, 0.2) is 65.0 Å². The summed E-state index contributed by atoms with van der Waals surface area (Å²) in [7, 11) is 0. The summed E-state index contributed by atoms with van der Waals surface area (Å²) in [5.41, 5.74) is 0.760. The first-order chi connectivity index (χ1) is 15.7. The minimum Gasteiger partial charge on any atom is -0.478 e. The normalized spacial score (nSPS) is 29.2. The molecule has 1 saturated carbocycles. The Morgan fingerprint density at radius 1 is 1.18 bits per heavy atom. The van der Waals surface area contributed by atoms with E-state index in [1.165, 1.54) is 6.08 Å². The van der Waals surface area contributed by atoms with Gasteiger partial charge in [-0.2, -0.15) is 0 Å². The molecule has 4 rings (SSSR count). The van der Waals surface area contributed by atoms with Gasteiger partial charge in [-0.3, -0.25) is 4.79 Å². The maximum Gasteiger partial charge on any atom is 0.338 e. The number of esters is 1. The zero-order valence-electron chi connectivity index (χ0n) is 19.1. The van der Waals surface area contributed by atoms with Gasteiger partial charge in [0.15, 0.2) is 5.78 Å². The Hall–Kier alpha value is -3.15. The Morgan fingerprint density at radius 3 is 2.61 bits per heavy atom. The number of rotatable bonds is 7. The Bertz CT molecular complexity index is 1050. The molecule has 2 aliphatic carbocycles. The molecule has 1 fully saturated rings. The maximum atomic E-state index is 12.6. The van der Waals surface area contributed by atoms with Crippen molar-refractivity contribution in [2.45, 2.75) is 46.0 Å². The molecule has 0 radical (unpaired) electrons. The third kappa shape index (κ3) is 4.39. The standard InChI is InChI=1S/C27H30O6/c1-26(11-8-18-10-13-32-16-18)20(17-33-25(31)19-6-4-3-5-7-19)9-12-27(2)22(24(29)30)14-21(28)15-23(26)27/h3-7,10,13-14,16,20,23H,8-9,11-12,15,17H2,1-2H3,(H,29,30)/t20-,23-,26+,27+/m0/s1. The summed E-state index contributed by atoms with van der Waals surface area (Å²) in [6.07, 6.45) is 7.81. The number of fused-ring (bicyclic) bond motifs is 1. The van der Waals surface area contributed by atoms with E-state index in [0.29, 0.717) is 18.4 Å². The van der Waals surface area contributed by atoms with E-state index in [2.05, 4.69) is 6.92 Å². The van der Waals surface area contributed by atoms with Crippen LogP contribution < -0.4 is 0 Å². The number of benzene rings is 1. The largest absolute Gasteiger partial charge is 0.478 e. The van der Waals surface area contributed by atoms with Crippen LogP contribution in [0, 0.1) is 22.7 Å². The lowest BCUT2D eigenvalue weighted by molar-refractivity contribution is -0.141. The monoisotopic (exact) mass is 450 g/mol. The van der Waals surface area contributed by atoms with E-state index in [1.54, 1.807) is 36.8 Å². The van der Waals surface area contributed by atoms with E-state index in [0.717, 1.165) is 24.8 Å². The second-order valence-electron chi connectivity index (χ2n) is 9.84. The van der Waals surface area contributed by atoms with E-state index in [-0.39, 0.29) is 35.8 Å². The van der Waals surface area contributed by atoms with Crippen LogP contribution in [0.4, 0.5) is 0 Å². The van der Waals surface area contributed by atoms with Crippen LogP contribution in [0.2, 0.25) is 0 Å². The van der Waals surface area contributed by atoms with Gasteiger partial charge in [0.05, 0.1) is 24.7 Å². The van der Waals surface area contributed by atoms with E-state index in [9.17, 15) is 19.5 Å². The van der Waals surface area contributed by atoms with Crippen molar-refractivity contribution in [1.82, 2.24) is 0 Å². The van der Waals surface area contributed by atoms with Gasteiger partial charge in [-0.15, -0.1) is 0 Å². The number of carbonyl (C=O) groups excluding carboxylic acids is 2. The van der Waals surface area contributed by atoms with Gasteiger partial charge in [0.2, 0.25) is 0 Å². The first-order valence-electron chi connectivity index (χ1n) is 11.5. The van der Waals surface area contributed by atoms with Crippen molar-refractivity contribution in [2.24, 2.45) is 22.7 Å². The molecule has 1 heterocycles. The molecule has 0 aliphatic heterocycles. The molecule has 2 aromatic rings. The average molecular weight is 451 g/mol. The number of ketones is 1. The SMILES string of the molecule is C[C@@]1(CCc2ccoc2)[C@H](COC(=O)c2ccccc2)CC[C@]2(C)C(C(=O)O)=CC(=O)C[C@@H]12. The lowest BCUT2D eigenvalue weighted by atomic mass is 9.46. The van der Waals surface area contributed by atoms with Gasteiger partial charge in [-0.1, -0.05) is 32.0 Å². The first kappa shape index (κ1) is 23.0. The fourth-order valence-electron chi connectivity index (χ4n) is 6.00. The lowest BCUT2D eigenvalue weighted by Crippen LogP contribution is -2.54. The summed E-state index contributed by atoms with van der Waals surface area (Å²) in [6.45, 7) is 4.35. The number of allylic oxidation sites excluding steroid dienone is 1. The van der Waals surface area contributed by atoms with Crippen LogP contribution in [0.3, 0.4) is 0 Å². The fourth-order valence-corrected chi connectivity index (χ4v) is 6.00. The summed E-state index contributed by atoms with van der Waals surface area (Å²) < 4.78 is 11.0. The number of furan rings is 1. The minimum absolute atomic E-state index is 0.0103. The molecule has 1 N–H and O–H groups in total. The van der Waals surface area contributed by atoms with Crippen molar-refractivity contribution >= 4 is 17.7 Å². The highest BCUT2D eigenvalue weighted by molar-refractivity contribution is 6.01. The van der Waals surface area contributed by atoms with Crippen molar-refractivity contribution in [3.05, 3.63) is 71.7 Å². The van der Waals surface area contributed by atoms with Crippen LogP contribution in [0.1, 0.15) is 55.5 Å². The molecule has 4 atom stereocenters. The summed E-state index contributed by atoms with van der Waals surface area (Å²) in [5.74, 6) is -1.69. The van der Waals surface area contributed by atoms with Gasteiger partial charge < -0.3 is 14.3 Å². The summed E-state index contributed by atoms with van der Waals surface area (Å²) >= 11 is 0. The molecule has 33 heavy (non-hydrogen) atoms. The van der Waals surface area contributed by atoms with Gasteiger partial charge in [0.25, 0.3) is 0 Å². The number of hydrogen-bond acceptors (Lipinski definition) is 5. The summed E-state index contributed by atoms with van der Waals surface area (Å²) in [4.78, 5) is 37.3. The van der Waals surface area contributed by atoms with Crippen LogP contribution in [-0.4, -0.2) is 29.4 Å². The van der Waals surface area contributed by atoms with Crippen LogP contribution in [-0.2, 0) is 20.7 Å². The molecular weight excluding hydrogens is 420 g/mol. The third-order valence-electron chi connectivity index (χ3n) is 8.02. The molecule has 1 aromatic carbocycles. The molecule has 0 amide bonds. The molecular formula is C27H30O6. The van der Waals surface area contributed by atoms with Crippen LogP contribution in [0.5, 0.6) is 0 Å². The number of aliphatic carboxylic acids is 1. The van der Waals surface area contributed by atoms with Gasteiger partial charge in [0, 0.05) is 17.4 Å². The molecule has 6 heteroatoms. The molecule has 2 aliphatic rings. The lowest BCUT2D eigenvalue weighted by Gasteiger charge is -2.57. The third-order valence-corrected chi connectivity index (χ3v) is 8.02. The minimum atomic E-state index is -1.03. The van der Waals surface area contributed by atoms with Crippen LogP contribution >= 0.6 is 0 Å². The number of carbonyl (C=O) groups is 3. The molecule has 0 saturated heterocycles. The number of carboxylic acid groups (broad SMARTS) is 1. The van der Waals surface area contributed by atoms with Crippen molar-refractivity contribution in [3.63, 3.8) is 0 Å². The molecule has 174 valence electrons. The molecule has 6 nitrogen and oxygen atoms in total. The van der Waals surface area contributed by atoms with E-state index in [1.807, 2.05) is 19.1 Å². The zero-order valence-corrected chi connectivity index (χ0v) is 19.1. The number of carboxylic acids is 1. The Balaban J connectivity index is 1.62. The van der Waals surface area contributed by atoms with E-state index in [4.69, 9.17) is 9.15 Å². The van der Waals surface area contributed by atoms with Crippen LogP contribution in [0.25, 0.3) is 0 Å². The topological polar surface area (TPSA) is 93.8 Å². The highest BCUT2D eigenvalue weighted by atomic mass is 16.5. The number of hydrogen-bond donors (Lipinski definition) is 1. The Kier molecular flexibility index (Phi) is 6.28. The first-order valence-corrected chi connectivity index (χ1v) is 11.5. The van der Waals surface area contributed by atoms with Crippen molar-refractivity contribution < 1.29 is 28.6 Å². The van der Waals surface area contributed by atoms with Gasteiger partial charge in [-0.05, 0) is 72.8 Å². The number of ether oxygens (including phenoxy) is 1. The molecule has 0 spiro atoms. The maximum absolute atomic E-state index is 12.6. The highest BCUT2D eigenvalue weighted by Crippen LogP contribution is 2.61. The fraction of sp³-hybridized carbons (Fsp3) is 0.444. The molecule has 0 unspecified atom stereocenters. The van der Waals surface area contributed by atoms with Crippen molar-refractivity contribution in [3.8, 4) is 0 Å². The Morgan fingerprint density at radius 2 is 1.94 bits per heavy atom. The van der Waals surface area contributed by atoms with E-state index >= 15 is 0 Å². The van der Waals surface area contributed by atoms with Gasteiger partial charge in [-0.25, -0.2) is 9.59 Å². The summed E-state index contributed by atoms with van der Waals surface area (Å²) in [6, 6.07) is 10.8. The van der Waals surface area contributed by atoms with Gasteiger partial charge >= 0.3 is 11.9 Å². The predicted molar refractivity (Wildman–Crippen MR) is 122 cm³/mol. The second kappa shape index (κ2) is 9.00. The predicted octanol–water partition coefficient (Wildman–Crippen LogP) is 5.09. The molecule has 0 bridgehead atoms. The quantitative estimate of drug-likeness (QED) is 0.591. The van der Waals surface area contributed by atoms with Crippen molar-refractivity contribution in [2.75, 3.05) is 6.61 Å². The smallest absolute Gasteiger partial charge is 0.338 e. The molecule has 1 aromatic heterocycles. The Labute approximate surface area is 193 Å². The van der Waals surface area contributed by atoms with Crippen molar-refractivity contribution in [1.29, 1.82) is 0 Å².